The van der Waals surface area contributed by atoms with E-state index in [1.807, 2.05) is 0 Å². The fourth-order valence-corrected chi connectivity index (χ4v) is 3.95. The van der Waals surface area contributed by atoms with Gasteiger partial charge in [-0.1, -0.05) is 121 Å². The standard InChI is InChI=1S/C26H46.ClH/c1-4-5-6-7-8-9-10-11-12-13-14-15-16-17-18-19-22-26-23-20-21-24(2)25(26)3;/h20-21,23H,4-19,22H2,1-3H3;1H. The van der Waals surface area contributed by atoms with Crippen LogP contribution in [0.2, 0.25) is 0 Å². The Morgan fingerprint density at radius 3 is 1.41 bits per heavy atom. The molecule has 0 saturated heterocycles. The van der Waals surface area contributed by atoms with Crippen LogP contribution in [-0.2, 0) is 6.42 Å². The fourth-order valence-electron chi connectivity index (χ4n) is 3.95. The van der Waals surface area contributed by atoms with Crippen LogP contribution in [0.3, 0.4) is 0 Å². The molecule has 158 valence electrons. The van der Waals surface area contributed by atoms with E-state index in [2.05, 4.69) is 39.0 Å². The third kappa shape index (κ3) is 14.2. The normalized spacial score (nSPS) is 10.8. The van der Waals surface area contributed by atoms with Crippen LogP contribution >= 0.6 is 12.4 Å². The van der Waals surface area contributed by atoms with Gasteiger partial charge in [-0.2, -0.15) is 0 Å². The van der Waals surface area contributed by atoms with E-state index in [1.165, 1.54) is 120 Å². The minimum absolute atomic E-state index is 0. The minimum Gasteiger partial charge on any atom is -0.147 e. The molecule has 0 amide bonds. The summed E-state index contributed by atoms with van der Waals surface area (Å²) < 4.78 is 0. The van der Waals surface area contributed by atoms with Gasteiger partial charge in [0, 0.05) is 0 Å². The number of hydrogen-bond acceptors (Lipinski definition) is 0. The molecule has 1 aromatic carbocycles. The predicted molar refractivity (Wildman–Crippen MR) is 126 cm³/mol. The molecule has 0 heterocycles. The zero-order valence-electron chi connectivity index (χ0n) is 18.7. The molecule has 0 bridgehead atoms. The van der Waals surface area contributed by atoms with Crippen LogP contribution in [-0.4, -0.2) is 0 Å². The Bertz CT molecular complexity index is 438. The monoisotopic (exact) mass is 394 g/mol. The Morgan fingerprint density at radius 1 is 0.556 bits per heavy atom. The quantitative estimate of drug-likeness (QED) is 0.230. The third-order valence-corrected chi connectivity index (χ3v) is 6.02. The highest BCUT2D eigenvalue weighted by atomic mass is 35.5. The van der Waals surface area contributed by atoms with Crippen molar-refractivity contribution in [2.24, 2.45) is 0 Å². The summed E-state index contributed by atoms with van der Waals surface area (Å²) in [5.74, 6) is 0. The van der Waals surface area contributed by atoms with Crippen molar-refractivity contribution in [3.8, 4) is 0 Å². The Hall–Kier alpha value is -0.490. The maximum Gasteiger partial charge on any atom is -0.0276 e. The minimum atomic E-state index is 0. The largest absolute Gasteiger partial charge is 0.147 e. The first kappa shape index (κ1) is 26.5. The Labute approximate surface area is 177 Å². The van der Waals surface area contributed by atoms with E-state index in [1.54, 1.807) is 5.56 Å². The predicted octanol–water partition coefficient (Wildman–Crippen LogP) is 9.53. The lowest BCUT2D eigenvalue weighted by molar-refractivity contribution is 0.529. The molecule has 0 saturated carbocycles. The SMILES string of the molecule is CCCCCCCCCCCCCCCCCCc1cccc(C)c1C.Cl. The molecule has 0 spiro atoms. The average Bonchev–Trinajstić information content (AvgIpc) is 2.64. The summed E-state index contributed by atoms with van der Waals surface area (Å²) in [6, 6.07) is 6.75. The molecular formula is C26H47Cl. The molecule has 0 aliphatic rings. The maximum atomic E-state index is 2.31. The molecule has 0 aliphatic heterocycles. The van der Waals surface area contributed by atoms with E-state index >= 15 is 0 Å². The summed E-state index contributed by atoms with van der Waals surface area (Å²) >= 11 is 0. The number of unbranched alkanes of at least 4 members (excludes halogenated alkanes) is 15. The van der Waals surface area contributed by atoms with Crippen molar-refractivity contribution in [2.75, 3.05) is 0 Å². The van der Waals surface area contributed by atoms with Gasteiger partial charge in [0.25, 0.3) is 0 Å². The summed E-state index contributed by atoms with van der Waals surface area (Å²) in [5.41, 5.74) is 4.52. The first-order valence-electron chi connectivity index (χ1n) is 11.8. The first-order valence-corrected chi connectivity index (χ1v) is 11.8. The molecule has 0 radical (unpaired) electrons. The molecule has 0 nitrogen and oxygen atoms in total. The van der Waals surface area contributed by atoms with Crippen LogP contribution in [0.25, 0.3) is 0 Å². The van der Waals surface area contributed by atoms with Gasteiger partial charge in [-0.25, -0.2) is 0 Å². The van der Waals surface area contributed by atoms with Crippen molar-refractivity contribution in [1.82, 2.24) is 0 Å². The zero-order chi connectivity index (χ0) is 18.9. The van der Waals surface area contributed by atoms with Crippen molar-refractivity contribution in [1.29, 1.82) is 0 Å². The number of halogens is 1. The van der Waals surface area contributed by atoms with E-state index < -0.39 is 0 Å². The number of benzene rings is 1. The van der Waals surface area contributed by atoms with E-state index in [0.717, 1.165) is 0 Å². The van der Waals surface area contributed by atoms with Crippen LogP contribution < -0.4 is 0 Å². The molecule has 0 unspecified atom stereocenters. The molecule has 1 rings (SSSR count). The molecule has 0 fully saturated rings. The molecule has 0 aromatic heterocycles. The van der Waals surface area contributed by atoms with Gasteiger partial charge in [0.2, 0.25) is 0 Å². The summed E-state index contributed by atoms with van der Waals surface area (Å²) in [7, 11) is 0. The topological polar surface area (TPSA) is 0 Å². The van der Waals surface area contributed by atoms with Gasteiger partial charge in [0.15, 0.2) is 0 Å². The van der Waals surface area contributed by atoms with Gasteiger partial charge in [0.1, 0.15) is 0 Å². The van der Waals surface area contributed by atoms with Gasteiger partial charge < -0.3 is 0 Å². The van der Waals surface area contributed by atoms with E-state index in [0.29, 0.717) is 0 Å². The van der Waals surface area contributed by atoms with Crippen molar-refractivity contribution in [2.45, 2.75) is 130 Å². The highest BCUT2D eigenvalue weighted by molar-refractivity contribution is 5.85. The average molecular weight is 395 g/mol. The van der Waals surface area contributed by atoms with Gasteiger partial charge in [-0.3, -0.25) is 0 Å². The Kier molecular flexibility index (Phi) is 18.5. The number of rotatable bonds is 17. The second-order valence-electron chi connectivity index (χ2n) is 8.41. The zero-order valence-corrected chi connectivity index (χ0v) is 19.5. The van der Waals surface area contributed by atoms with Gasteiger partial charge in [0.05, 0.1) is 0 Å². The van der Waals surface area contributed by atoms with Crippen LogP contribution in [0.5, 0.6) is 0 Å². The Balaban J connectivity index is 0.00000676. The summed E-state index contributed by atoms with van der Waals surface area (Å²) in [5, 5.41) is 0. The van der Waals surface area contributed by atoms with Gasteiger partial charge in [-0.15, -0.1) is 12.4 Å². The summed E-state index contributed by atoms with van der Waals surface area (Å²) in [6.07, 6.45) is 24.4. The summed E-state index contributed by atoms with van der Waals surface area (Å²) in [6.45, 7) is 6.80. The fraction of sp³-hybridized carbons (Fsp3) is 0.769. The molecule has 0 N–H and O–H groups in total. The van der Waals surface area contributed by atoms with Crippen molar-refractivity contribution < 1.29 is 0 Å². The lowest BCUT2D eigenvalue weighted by Crippen LogP contribution is -1.92. The lowest BCUT2D eigenvalue weighted by Gasteiger charge is -2.08. The molecule has 27 heavy (non-hydrogen) atoms. The highest BCUT2D eigenvalue weighted by Gasteiger charge is 2.00. The molecule has 1 heteroatoms. The maximum absolute atomic E-state index is 2.31. The van der Waals surface area contributed by atoms with Gasteiger partial charge >= 0.3 is 0 Å². The van der Waals surface area contributed by atoms with E-state index in [9.17, 15) is 0 Å². The van der Waals surface area contributed by atoms with Crippen LogP contribution in [0.1, 0.15) is 126 Å². The third-order valence-electron chi connectivity index (χ3n) is 6.02. The Morgan fingerprint density at radius 2 is 0.963 bits per heavy atom. The molecular weight excluding hydrogens is 348 g/mol. The van der Waals surface area contributed by atoms with Crippen molar-refractivity contribution in [3.63, 3.8) is 0 Å². The lowest BCUT2D eigenvalue weighted by atomic mass is 9.98. The van der Waals surface area contributed by atoms with Crippen LogP contribution in [0.4, 0.5) is 0 Å². The molecule has 0 aliphatic carbocycles. The smallest absolute Gasteiger partial charge is 0.0276 e. The first-order chi connectivity index (χ1) is 12.8. The number of hydrogen-bond donors (Lipinski definition) is 0. The van der Waals surface area contributed by atoms with Crippen molar-refractivity contribution in [3.05, 3.63) is 34.9 Å². The number of aryl methyl sites for hydroxylation is 2. The second kappa shape index (κ2) is 18.9. The molecule has 0 atom stereocenters. The summed E-state index contributed by atoms with van der Waals surface area (Å²) in [4.78, 5) is 0. The highest BCUT2D eigenvalue weighted by Crippen LogP contribution is 2.17. The second-order valence-corrected chi connectivity index (χ2v) is 8.41. The van der Waals surface area contributed by atoms with E-state index in [4.69, 9.17) is 0 Å². The van der Waals surface area contributed by atoms with Crippen LogP contribution in [0, 0.1) is 13.8 Å². The van der Waals surface area contributed by atoms with Gasteiger partial charge in [-0.05, 0) is 43.4 Å². The van der Waals surface area contributed by atoms with E-state index in [-0.39, 0.29) is 12.4 Å². The molecule has 1 aromatic rings. The van der Waals surface area contributed by atoms with Crippen molar-refractivity contribution >= 4 is 12.4 Å². The van der Waals surface area contributed by atoms with Crippen LogP contribution in [0.15, 0.2) is 18.2 Å².